The van der Waals surface area contributed by atoms with E-state index in [9.17, 15) is 0 Å². The first-order valence-electron chi connectivity index (χ1n) is 8.22. The Bertz CT molecular complexity index is 182. The van der Waals surface area contributed by atoms with Crippen LogP contribution in [0.1, 0.15) is 77.0 Å². The van der Waals surface area contributed by atoms with Crippen molar-refractivity contribution in [2.45, 2.75) is 83.3 Å². The van der Waals surface area contributed by atoms with Crippen LogP contribution in [0.2, 0.25) is 0 Å². The lowest BCUT2D eigenvalue weighted by Crippen LogP contribution is -2.22. The van der Waals surface area contributed by atoms with E-state index in [0.717, 1.165) is 19.6 Å². The number of hydrogen-bond acceptors (Lipinski definition) is 2. The van der Waals surface area contributed by atoms with Crippen LogP contribution in [0, 0.1) is 0 Å². The zero-order chi connectivity index (χ0) is 13.6. The molecule has 3 heteroatoms. The summed E-state index contributed by atoms with van der Waals surface area (Å²) in [6.07, 6.45) is 16.1. The van der Waals surface area contributed by atoms with Crippen LogP contribution in [0.5, 0.6) is 0 Å². The van der Waals surface area contributed by atoms with Gasteiger partial charge in [0.15, 0.2) is 6.29 Å². The molecular weight excluding hydrogens is 351 g/mol. The molecule has 0 amide bonds. The number of alkyl halides is 1. The molecule has 1 saturated heterocycles. The van der Waals surface area contributed by atoms with E-state index < -0.39 is 0 Å². The molecule has 1 rings (SSSR count). The SMILES string of the molecule is ICCCCCCCCCCCOC1CCCCO1. The van der Waals surface area contributed by atoms with E-state index in [1.54, 1.807) is 0 Å². The van der Waals surface area contributed by atoms with Crippen LogP contribution >= 0.6 is 22.6 Å². The summed E-state index contributed by atoms with van der Waals surface area (Å²) in [5.41, 5.74) is 0. The number of rotatable bonds is 12. The molecule has 0 aliphatic carbocycles. The number of halogens is 1. The maximum Gasteiger partial charge on any atom is 0.157 e. The highest BCUT2D eigenvalue weighted by Crippen LogP contribution is 2.15. The summed E-state index contributed by atoms with van der Waals surface area (Å²) in [5, 5.41) is 0. The topological polar surface area (TPSA) is 18.5 Å². The molecule has 19 heavy (non-hydrogen) atoms. The fourth-order valence-electron chi connectivity index (χ4n) is 2.49. The predicted molar refractivity (Wildman–Crippen MR) is 90.0 cm³/mol. The first-order valence-corrected chi connectivity index (χ1v) is 9.75. The van der Waals surface area contributed by atoms with Crippen molar-refractivity contribution in [2.24, 2.45) is 0 Å². The molecule has 0 N–H and O–H groups in total. The zero-order valence-corrected chi connectivity index (χ0v) is 14.5. The van der Waals surface area contributed by atoms with Gasteiger partial charge in [-0.2, -0.15) is 0 Å². The minimum absolute atomic E-state index is 0.103. The quantitative estimate of drug-likeness (QED) is 0.253. The molecule has 114 valence electrons. The summed E-state index contributed by atoms with van der Waals surface area (Å²) in [4.78, 5) is 0. The van der Waals surface area contributed by atoms with E-state index in [4.69, 9.17) is 9.47 Å². The van der Waals surface area contributed by atoms with Crippen molar-refractivity contribution < 1.29 is 9.47 Å². The van der Waals surface area contributed by atoms with Crippen molar-refractivity contribution in [1.82, 2.24) is 0 Å². The van der Waals surface area contributed by atoms with E-state index in [1.165, 1.54) is 75.1 Å². The lowest BCUT2D eigenvalue weighted by atomic mass is 10.1. The fraction of sp³-hybridized carbons (Fsp3) is 1.00. The van der Waals surface area contributed by atoms with E-state index in [1.807, 2.05) is 0 Å². The molecule has 0 saturated carbocycles. The van der Waals surface area contributed by atoms with Crippen LogP contribution in [0.25, 0.3) is 0 Å². The second kappa shape index (κ2) is 13.6. The van der Waals surface area contributed by atoms with Gasteiger partial charge in [-0.3, -0.25) is 0 Å². The Morgan fingerprint density at radius 2 is 1.47 bits per heavy atom. The van der Waals surface area contributed by atoms with Crippen molar-refractivity contribution in [2.75, 3.05) is 17.6 Å². The van der Waals surface area contributed by atoms with Gasteiger partial charge in [-0.25, -0.2) is 0 Å². The molecule has 0 bridgehead atoms. The molecule has 2 nitrogen and oxygen atoms in total. The summed E-state index contributed by atoms with van der Waals surface area (Å²) in [7, 11) is 0. The average molecular weight is 382 g/mol. The zero-order valence-electron chi connectivity index (χ0n) is 12.4. The van der Waals surface area contributed by atoms with Gasteiger partial charge in [0.1, 0.15) is 0 Å². The van der Waals surface area contributed by atoms with Gasteiger partial charge in [-0.05, 0) is 36.5 Å². The second-order valence-corrected chi connectivity index (χ2v) is 6.62. The highest BCUT2D eigenvalue weighted by molar-refractivity contribution is 14.1. The van der Waals surface area contributed by atoms with Crippen molar-refractivity contribution >= 4 is 22.6 Å². The Morgan fingerprint density at radius 3 is 2.05 bits per heavy atom. The van der Waals surface area contributed by atoms with Crippen molar-refractivity contribution in [3.8, 4) is 0 Å². The number of hydrogen-bond donors (Lipinski definition) is 0. The maximum atomic E-state index is 5.73. The first kappa shape index (κ1) is 17.7. The summed E-state index contributed by atoms with van der Waals surface area (Å²) in [6.45, 7) is 1.78. The van der Waals surface area contributed by atoms with E-state index in [-0.39, 0.29) is 6.29 Å². The molecule has 0 spiro atoms. The molecule has 1 fully saturated rings. The summed E-state index contributed by atoms with van der Waals surface area (Å²) < 4.78 is 12.6. The Balaban J connectivity index is 1.71. The predicted octanol–water partition coefficient (Wildman–Crippen LogP) is 5.48. The summed E-state index contributed by atoms with van der Waals surface area (Å²) in [5.74, 6) is 0. The van der Waals surface area contributed by atoms with E-state index in [0.29, 0.717) is 0 Å². The Morgan fingerprint density at radius 1 is 0.842 bits per heavy atom. The largest absolute Gasteiger partial charge is 0.353 e. The second-order valence-electron chi connectivity index (χ2n) is 5.54. The van der Waals surface area contributed by atoms with Gasteiger partial charge in [0.25, 0.3) is 0 Å². The van der Waals surface area contributed by atoms with Crippen LogP contribution < -0.4 is 0 Å². The van der Waals surface area contributed by atoms with Crippen LogP contribution in [0.3, 0.4) is 0 Å². The molecule has 0 aromatic carbocycles. The minimum atomic E-state index is 0.103. The van der Waals surface area contributed by atoms with Gasteiger partial charge in [0.2, 0.25) is 0 Å². The van der Waals surface area contributed by atoms with Gasteiger partial charge in [0.05, 0.1) is 0 Å². The Labute approximate surface area is 133 Å². The molecule has 1 atom stereocenters. The summed E-state index contributed by atoms with van der Waals surface area (Å²) in [6, 6.07) is 0. The maximum absolute atomic E-state index is 5.73. The first-order chi connectivity index (χ1) is 9.43. The Kier molecular flexibility index (Phi) is 12.7. The highest BCUT2D eigenvalue weighted by Gasteiger charge is 2.13. The smallest absolute Gasteiger partial charge is 0.157 e. The molecule has 0 radical (unpaired) electrons. The summed E-state index contributed by atoms with van der Waals surface area (Å²) >= 11 is 2.47. The van der Waals surface area contributed by atoms with Crippen LogP contribution in [0.4, 0.5) is 0 Å². The van der Waals surface area contributed by atoms with Crippen LogP contribution in [0.15, 0.2) is 0 Å². The lowest BCUT2D eigenvalue weighted by molar-refractivity contribution is -0.162. The van der Waals surface area contributed by atoms with Gasteiger partial charge in [0, 0.05) is 13.2 Å². The third-order valence-electron chi connectivity index (χ3n) is 3.72. The number of unbranched alkanes of at least 4 members (excludes halogenated alkanes) is 8. The normalized spacial score (nSPS) is 19.7. The standard InChI is InChI=1S/C16H31IO2/c17-13-9-6-4-2-1-3-5-7-10-14-18-16-12-8-11-15-19-16/h16H,1-15H2. The molecule has 1 heterocycles. The molecule has 0 aromatic heterocycles. The third-order valence-corrected chi connectivity index (χ3v) is 4.48. The molecular formula is C16H31IO2. The number of ether oxygens (including phenoxy) is 2. The lowest BCUT2D eigenvalue weighted by Gasteiger charge is -2.22. The molecule has 1 unspecified atom stereocenters. The van der Waals surface area contributed by atoms with Crippen LogP contribution in [-0.2, 0) is 9.47 Å². The van der Waals surface area contributed by atoms with E-state index >= 15 is 0 Å². The van der Waals surface area contributed by atoms with Gasteiger partial charge in [-0.1, -0.05) is 67.5 Å². The van der Waals surface area contributed by atoms with Crippen molar-refractivity contribution in [3.05, 3.63) is 0 Å². The van der Waals surface area contributed by atoms with Crippen molar-refractivity contribution in [1.29, 1.82) is 0 Å². The fourth-order valence-corrected chi connectivity index (χ4v) is 3.03. The van der Waals surface area contributed by atoms with Crippen LogP contribution in [-0.4, -0.2) is 23.9 Å². The minimum Gasteiger partial charge on any atom is -0.353 e. The monoisotopic (exact) mass is 382 g/mol. The van der Waals surface area contributed by atoms with Gasteiger partial charge >= 0.3 is 0 Å². The third kappa shape index (κ3) is 11.0. The molecule has 1 aliphatic heterocycles. The highest BCUT2D eigenvalue weighted by atomic mass is 127. The van der Waals surface area contributed by atoms with E-state index in [2.05, 4.69) is 22.6 Å². The van der Waals surface area contributed by atoms with Gasteiger partial charge in [-0.15, -0.1) is 0 Å². The van der Waals surface area contributed by atoms with Crippen molar-refractivity contribution in [3.63, 3.8) is 0 Å². The molecule has 0 aromatic rings. The Hall–Kier alpha value is 0.650. The average Bonchev–Trinajstić information content (AvgIpc) is 2.46. The molecule has 1 aliphatic rings. The van der Waals surface area contributed by atoms with Gasteiger partial charge < -0.3 is 9.47 Å².